The molecule has 19 heavy (non-hydrogen) atoms. The first kappa shape index (κ1) is 13.5. The molecule has 5 heteroatoms. The zero-order chi connectivity index (χ0) is 13.7. The van der Waals surface area contributed by atoms with Crippen molar-refractivity contribution in [2.75, 3.05) is 13.7 Å². The first-order valence-corrected chi connectivity index (χ1v) is 5.96. The number of aliphatic hydroxyl groups is 1. The fraction of sp³-hybridized carbons (Fsp3) is 0.286. The number of aliphatic hydroxyl groups excluding tert-OH is 1. The second-order valence-corrected chi connectivity index (χ2v) is 4.00. The summed E-state index contributed by atoms with van der Waals surface area (Å²) in [6.45, 7) is 0.244. The fourth-order valence-corrected chi connectivity index (χ4v) is 1.76. The number of ether oxygens (including phenoxy) is 2. The van der Waals surface area contributed by atoms with Gasteiger partial charge in [0.2, 0.25) is 0 Å². The third kappa shape index (κ3) is 3.07. The SMILES string of the molecule is COc1cc(CO)ccc1OC(CN)c1ccco1. The van der Waals surface area contributed by atoms with Gasteiger partial charge in [-0.15, -0.1) is 0 Å². The molecule has 0 aliphatic heterocycles. The lowest BCUT2D eigenvalue weighted by molar-refractivity contribution is 0.176. The van der Waals surface area contributed by atoms with Gasteiger partial charge in [-0.25, -0.2) is 0 Å². The van der Waals surface area contributed by atoms with Gasteiger partial charge in [0.05, 0.1) is 20.0 Å². The Morgan fingerprint density at radius 1 is 1.32 bits per heavy atom. The van der Waals surface area contributed by atoms with Gasteiger partial charge in [0.15, 0.2) is 17.6 Å². The highest BCUT2D eigenvalue weighted by Gasteiger charge is 2.16. The van der Waals surface area contributed by atoms with Gasteiger partial charge in [-0.05, 0) is 29.8 Å². The Balaban J connectivity index is 2.22. The third-order valence-corrected chi connectivity index (χ3v) is 2.75. The van der Waals surface area contributed by atoms with E-state index >= 15 is 0 Å². The lowest BCUT2D eigenvalue weighted by Gasteiger charge is -2.17. The van der Waals surface area contributed by atoms with Gasteiger partial charge in [-0.1, -0.05) is 6.07 Å². The van der Waals surface area contributed by atoms with Crippen LogP contribution in [-0.4, -0.2) is 18.8 Å². The minimum Gasteiger partial charge on any atom is -0.493 e. The summed E-state index contributed by atoms with van der Waals surface area (Å²) < 4.78 is 16.3. The van der Waals surface area contributed by atoms with Crippen molar-refractivity contribution in [2.24, 2.45) is 5.73 Å². The zero-order valence-electron chi connectivity index (χ0n) is 10.7. The standard InChI is InChI=1S/C14H17NO4/c1-17-13-7-10(9-16)4-5-12(13)19-14(8-15)11-3-2-6-18-11/h2-7,14,16H,8-9,15H2,1H3. The Kier molecular flexibility index (Phi) is 4.43. The Hall–Kier alpha value is -1.98. The van der Waals surface area contributed by atoms with Crippen LogP contribution in [0.15, 0.2) is 41.0 Å². The maximum absolute atomic E-state index is 9.10. The predicted molar refractivity (Wildman–Crippen MR) is 70.0 cm³/mol. The van der Waals surface area contributed by atoms with Crippen molar-refractivity contribution in [1.29, 1.82) is 0 Å². The van der Waals surface area contributed by atoms with Crippen LogP contribution in [0.25, 0.3) is 0 Å². The van der Waals surface area contributed by atoms with Gasteiger partial charge in [0, 0.05) is 6.54 Å². The number of hydrogen-bond donors (Lipinski definition) is 2. The van der Waals surface area contributed by atoms with Crippen LogP contribution >= 0.6 is 0 Å². The molecule has 0 aliphatic rings. The van der Waals surface area contributed by atoms with E-state index in [1.165, 1.54) is 0 Å². The molecule has 102 valence electrons. The summed E-state index contributed by atoms with van der Waals surface area (Å²) in [7, 11) is 1.55. The maximum atomic E-state index is 9.10. The second kappa shape index (κ2) is 6.26. The molecule has 3 N–H and O–H groups in total. The summed E-state index contributed by atoms with van der Waals surface area (Å²) in [6, 6.07) is 8.84. The van der Waals surface area contributed by atoms with E-state index in [2.05, 4.69) is 0 Å². The molecule has 0 bridgehead atoms. The van der Waals surface area contributed by atoms with Gasteiger partial charge < -0.3 is 24.7 Å². The first-order chi connectivity index (χ1) is 9.28. The number of rotatable bonds is 6. The van der Waals surface area contributed by atoms with Gasteiger partial charge in [-0.3, -0.25) is 0 Å². The van der Waals surface area contributed by atoms with Crippen molar-refractivity contribution in [3.63, 3.8) is 0 Å². The molecule has 1 atom stereocenters. The summed E-state index contributed by atoms with van der Waals surface area (Å²) in [5.74, 6) is 1.78. The molecular formula is C14H17NO4. The highest BCUT2D eigenvalue weighted by Crippen LogP contribution is 2.32. The molecule has 2 aromatic rings. The van der Waals surface area contributed by atoms with Gasteiger partial charge in [0.25, 0.3) is 0 Å². The second-order valence-electron chi connectivity index (χ2n) is 4.00. The molecule has 1 unspecified atom stereocenters. The van der Waals surface area contributed by atoms with Crippen molar-refractivity contribution >= 4 is 0 Å². The molecule has 1 aromatic carbocycles. The highest BCUT2D eigenvalue weighted by molar-refractivity contribution is 5.43. The molecule has 0 amide bonds. The lowest BCUT2D eigenvalue weighted by atomic mass is 10.2. The average Bonchev–Trinajstić information content (AvgIpc) is 2.98. The molecule has 0 aliphatic carbocycles. The number of nitrogens with two attached hydrogens (primary N) is 1. The largest absolute Gasteiger partial charge is 0.493 e. The quantitative estimate of drug-likeness (QED) is 0.831. The van der Waals surface area contributed by atoms with Crippen molar-refractivity contribution < 1.29 is 19.0 Å². The summed E-state index contributed by atoms with van der Waals surface area (Å²) >= 11 is 0. The first-order valence-electron chi connectivity index (χ1n) is 5.96. The minimum absolute atomic E-state index is 0.0465. The number of benzene rings is 1. The van der Waals surface area contributed by atoms with Crippen LogP contribution in [0.2, 0.25) is 0 Å². The van der Waals surface area contributed by atoms with Crippen molar-refractivity contribution in [2.45, 2.75) is 12.7 Å². The average molecular weight is 263 g/mol. The van der Waals surface area contributed by atoms with Crippen molar-refractivity contribution in [3.05, 3.63) is 47.9 Å². The Labute approximate surface area is 111 Å². The molecule has 0 fully saturated rings. The van der Waals surface area contributed by atoms with Crippen molar-refractivity contribution in [1.82, 2.24) is 0 Å². The number of hydrogen-bond acceptors (Lipinski definition) is 5. The highest BCUT2D eigenvalue weighted by atomic mass is 16.5. The summed E-state index contributed by atoms with van der Waals surface area (Å²) in [5.41, 5.74) is 6.45. The predicted octanol–water partition coefficient (Wildman–Crippen LogP) is 1.86. The topological polar surface area (TPSA) is 77.8 Å². The maximum Gasteiger partial charge on any atom is 0.168 e. The summed E-state index contributed by atoms with van der Waals surface area (Å²) in [4.78, 5) is 0. The van der Waals surface area contributed by atoms with E-state index in [9.17, 15) is 0 Å². The zero-order valence-corrected chi connectivity index (χ0v) is 10.7. The van der Waals surface area contributed by atoms with Crippen LogP contribution in [-0.2, 0) is 6.61 Å². The molecule has 0 saturated heterocycles. The van der Waals surface area contributed by atoms with E-state index in [4.69, 9.17) is 24.7 Å². The van der Waals surface area contributed by atoms with E-state index in [1.807, 2.05) is 6.07 Å². The fourth-order valence-electron chi connectivity index (χ4n) is 1.76. The summed E-state index contributed by atoms with van der Waals surface area (Å²) in [5, 5.41) is 9.10. The minimum atomic E-state index is -0.371. The molecule has 5 nitrogen and oxygen atoms in total. The molecule has 1 heterocycles. The van der Waals surface area contributed by atoms with Crippen LogP contribution in [0, 0.1) is 0 Å². The van der Waals surface area contributed by atoms with Gasteiger partial charge in [0.1, 0.15) is 5.76 Å². The molecule has 0 radical (unpaired) electrons. The molecule has 1 aromatic heterocycles. The molecule has 0 spiro atoms. The van der Waals surface area contributed by atoms with E-state index in [1.54, 1.807) is 37.6 Å². The number of furan rings is 1. The smallest absolute Gasteiger partial charge is 0.168 e. The van der Waals surface area contributed by atoms with E-state index in [0.717, 1.165) is 5.56 Å². The normalized spacial score (nSPS) is 12.2. The Morgan fingerprint density at radius 2 is 2.16 bits per heavy atom. The van der Waals surface area contributed by atoms with E-state index in [0.29, 0.717) is 23.8 Å². The van der Waals surface area contributed by atoms with Crippen LogP contribution in [0.1, 0.15) is 17.4 Å². The van der Waals surface area contributed by atoms with E-state index in [-0.39, 0.29) is 12.7 Å². The number of methoxy groups -OCH3 is 1. The van der Waals surface area contributed by atoms with Crippen LogP contribution in [0.4, 0.5) is 0 Å². The molecule has 0 saturated carbocycles. The third-order valence-electron chi connectivity index (χ3n) is 2.75. The monoisotopic (exact) mass is 263 g/mol. The Bertz CT molecular complexity index is 510. The van der Waals surface area contributed by atoms with Gasteiger partial charge >= 0.3 is 0 Å². The van der Waals surface area contributed by atoms with Gasteiger partial charge in [-0.2, -0.15) is 0 Å². The lowest BCUT2D eigenvalue weighted by Crippen LogP contribution is -2.18. The van der Waals surface area contributed by atoms with Crippen LogP contribution in [0.3, 0.4) is 0 Å². The summed E-state index contributed by atoms with van der Waals surface area (Å²) in [6.07, 6.45) is 1.21. The van der Waals surface area contributed by atoms with Crippen LogP contribution < -0.4 is 15.2 Å². The molecule has 2 rings (SSSR count). The van der Waals surface area contributed by atoms with E-state index < -0.39 is 0 Å². The molecular weight excluding hydrogens is 246 g/mol. The van der Waals surface area contributed by atoms with Crippen molar-refractivity contribution in [3.8, 4) is 11.5 Å². The van der Waals surface area contributed by atoms with Crippen LogP contribution in [0.5, 0.6) is 11.5 Å². The Morgan fingerprint density at radius 3 is 2.74 bits per heavy atom.